The van der Waals surface area contributed by atoms with Gasteiger partial charge in [-0.15, -0.1) is 0 Å². The van der Waals surface area contributed by atoms with E-state index in [1.54, 1.807) is 0 Å². The van der Waals surface area contributed by atoms with Crippen LogP contribution in [0, 0.1) is 4.64 Å². The van der Waals surface area contributed by atoms with E-state index in [1.165, 1.54) is 35.2 Å². The summed E-state index contributed by atoms with van der Waals surface area (Å²) in [5, 5.41) is 0. The summed E-state index contributed by atoms with van der Waals surface area (Å²) in [5.41, 5.74) is 5.58. The van der Waals surface area contributed by atoms with Crippen molar-refractivity contribution >= 4 is 12.2 Å². The van der Waals surface area contributed by atoms with Crippen molar-refractivity contribution in [3.8, 4) is 0 Å². The molecule has 2 aliphatic rings. The first-order chi connectivity index (χ1) is 9.81. The van der Waals surface area contributed by atoms with Gasteiger partial charge in [-0.2, -0.15) is 0 Å². The number of hydrogen-bond donors (Lipinski definition) is 1. The van der Waals surface area contributed by atoms with Crippen LogP contribution in [0.15, 0.2) is 24.3 Å². The van der Waals surface area contributed by atoms with Gasteiger partial charge in [0.25, 0.3) is 0 Å². The molecular formula is C17H18N2S. The minimum absolute atomic E-state index is 0.473. The molecule has 20 heavy (non-hydrogen) atoms. The number of aryl methyl sites for hydroxylation is 1. The van der Waals surface area contributed by atoms with Gasteiger partial charge in [0.15, 0.2) is 0 Å². The maximum atomic E-state index is 5.52. The Balaban J connectivity index is 1.71. The molecule has 0 bridgehead atoms. The van der Waals surface area contributed by atoms with Gasteiger partial charge < -0.3 is 4.98 Å². The van der Waals surface area contributed by atoms with Gasteiger partial charge >= 0.3 is 0 Å². The topological polar surface area (TPSA) is 28.7 Å². The summed E-state index contributed by atoms with van der Waals surface area (Å²) in [6, 6.07) is 8.73. The zero-order chi connectivity index (χ0) is 13.5. The third-order valence-corrected chi connectivity index (χ3v) is 5.00. The van der Waals surface area contributed by atoms with Gasteiger partial charge in [-0.05, 0) is 49.7 Å². The Kier molecular flexibility index (Phi) is 2.95. The third kappa shape index (κ3) is 2.01. The molecule has 2 aliphatic carbocycles. The van der Waals surface area contributed by atoms with Gasteiger partial charge in [-0.1, -0.05) is 36.5 Å². The molecule has 0 radical (unpaired) electrons. The fourth-order valence-electron chi connectivity index (χ4n) is 3.58. The van der Waals surface area contributed by atoms with Gasteiger partial charge in [0.2, 0.25) is 0 Å². The lowest BCUT2D eigenvalue weighted by Crippen LogP contribution is -2.13. The maximum absolute atomic E-state index is 5.52. The average Bonchev–Trinajstić information content (AvgIpc) is 2.91. The highest BCUT2D eigenvalue weighted by atomic mass is 32.1. The fraction of sp³-hybridized carbons (Fsp3) is 0.412. The van der Waals surface area contributed by atoms with E-state index in [-0.39, 0.29) is 0 Å². The second-order valence-electron chi connectivity index (χ2n) is 5.97. The number of hydrogen-bond acceptors (Lipinski definition) is 2. The maximum Gasteiger partial charge on any atom is 0.133 e. The second-order valence-corrected chi connectivity index (χ2v) is 6.35. The lowest BCUT2D eigenvalue weighted by Gasteiger charge is -2.18. The van der Waals surface area contributed by atoms with Crippen LogP contribution in [-0.4, -0.2) is 9.97 Å². The number of fused-ring (bicyclic) bond motifs is 2. The molecule has 1 aromatic carbocycles. The van der Waals surface area contributed by atoms with Crippen LogP contribution in [0.4, 0.5) is 0 Å². The highest BCUT2D eigenvalue weighted by Gasteiger charge is 2.25. The fourth-order valence-corrected chi connectivity index (χ4v) is 3.91. The predicted molar refractivity (Wildman–Crippen MR) is 82.7 cm³/mol. The Morgan fingerprint density at radius 3 is 2.50 bits per heavy atom. The summed E-state index contributed by atoms with van der Waals surface area (Å²) in [6.45, 7) is 0. The molecular weight excluding hydrogens is 264 g/mol. The van der Waals surface area contributed by atoms with Gasteiger partial charge in [0, 0.05) is 17.2 Å². The minimum Gasteiger partial charge on any atom is -0.347 e. The van der Waals surface area contributed by atoms with Crippen molar-refractivity contribution in [2.75, 3.05) is 0 Å². The summed E-state index contributed by atoms with van der Waals surface area (Å²) >= 11 is 5.52. The molecule has 3 heteroatoms. The smallest absolute Gasteiger partial charge is 0.133 e. The van der Waals surface area contributed by atoms with E-state index >= 15 is 0 Å². The SMILES string of the molecule is S=c1nc(C2Cc3ccccc3C2)[nH]c2c1CCCC2. The molecule has 0 unspecified atom stereocenters. The normalized spacial score (nSPS) is 17.8. The van der Waals surface area contributed by atoms with Crippen molar-refractivity contribution in [1.29, 1.82) is 0 Å². The van der Waals surface area contributed by atoms with Crippen molar-refractivity contribution in [3.63, 3.8) is 0 Å². The van der Waals surface area contributed by atoms with Crippen molar-refractivity contribution in [1.82, 2.24) is 9.97 Å². The average molecular weight is 282 g/mol. The highest BCUT2D eigenvalue weighted by Crippen LogP contribution is 2.33. The highest BCUT2D eigenvalue weighted by molar-refractivity contribution is 7.71. The molecule has 1 heterocycles. The summed E-state index contributed by atoms with van der Waals surface area (Å²) in [7, 11) is 0. The van der Waals surface area contributed by atoms with Gasteiger partial charge in [0.05, 0.1) is 0 Å². The van der Waals surface area contributed by atoms with Crippen LogP contribution in [0.1, 0.15) is 47.0 Å². The molecule has 0 fully saturated rings. The number of benzene rings is 1. The minimum atomic E-state index is 0.473. The molecule has 1 aromatic heterocycles. The lowest BCUT2D eigenvalue weighted by molar-refractivity contribution is 0.622. The molecule has 102 valence electrons. The van der Waals surface area contributed by atoms with Crippen LogP contribution < -0.4 is 0 Å². The van der Waals surface area contributed by atoms with Gasteiger partial charge in [-0.25, -0.2) is 4.98 Å². The van der Waals surface area contributed by atoms with Crippen molar-refractivity contribution in [2.24, 2.45) is 0 Å². The largest absolute Gasteiger partial charge is 0.347 e. The zero-order valence-corrected chi connectivity index (χ0v) is 12.3. The monoisotopic (exact) mass is 282 g/mol. The molecule has 0 amide bonds. The Bertz CT molecular complexity index is 692. The standard InChI is InChI=1S/C17H18N2S/c20-17-14-7-3-4-8-15(14)18-16(19-17)13-9-11-5-1-2-6-12(11)10-13/h1-2,5-6,13H,3-4,7-10H2,(H,18,19,20). The van der Waals surface area contributed by atoms with Gasteiger partial charge in [-0.3, -0.25) is 0 Å². The van der Waals surface area contributed by atoms with E-state index in [4.69, 9.17) is 17.2 Å². The lowest BCUT2D eigenvalue weighted by atomic mass is 9.96. The van der Waals surface area contributed by atoms with E-state index in [2.05, 4.69) is 29.2 Å². The van der Waals surface area contributed by atoms with Crippen LogP contribution in [0.25, 0.3) is 0 Å². The van der Waals surface area contributed by atoms with Crippen LogP contribution in [-0.2, 0) is 25.7 Å². The van der Waals surface area contributed by atoms with E-state index in [9.17, 15) is 0 Å². The molecule has 2 aromatic rings. The number of rotatable bonds is 1. The van der Waals surface area contributed by atoms with E-state index in [0.29, 0.717) is 5.92 Å². The predicted octanol–water partition coefficient (Wildman–Crippen LogP) is 3.90. The zero-order valence-electron chi connectivity index (χ0n) is 11.5. The summed E-state index contributed by atoms with van der Waals surface area (Å²) < 4.78 is 0.837. The molecule has 0 saturated carbocycles. The first-order valence-electron chi connectivity index (χ1n) is 7.50. The molecule has 0 atom stereocenters. The number of aromatic amines is 1. The van der Waals surface area contributed by atoms with Crippen molar-refractivity contribution < 1.29 is 0 Å². The third-order valence-electron chi connectivity index (χ3n) is 4.66. The number of aromatic nitrogens is 2. The Morgan fingerprint density at radius 2 is 1.75 bits per heavy atom. The number of H-pyrrole nitrogens is 1. The summed E-state index contributed by atoms with van der Waals surface area (Å²) in [5.74, 6) is 1.58. The molecule has 0 aliphatic heterocycles. The summed E-state index contributed by atoms with van der Waals surface area (Å²) in [4.78, 5) is 8.32. The molecule has 0 saturated heterocycles. The van der Waals surface area contributed by atoms with E-state index < -0.39 is 0 Å². The van der Waals surface area contributed by atoms with Gasteiger partial charge in [0.1, 0.15) is 10.5 Å². The van der Waals surface area contributed by atoms with Crippen LogP contribution >= 0.6 is 12.2 Å². The van der Waals surface area contributed by atoms with Crippen LogP contribution in [0.5, 0.6) is 0 Å². The molecule has 4 rings (SSSR count). The first kappa shape index (κ1) is 12.3. The second kappa shape index (κ2) is 4.81. The number of nitrogens with zero attached hydrogens (tertiary/aromatic N) is 1. The Labute approximate surface area is 124 Å². The van der Waals surface area contributed by atoms with E-state index in [1.807, 2.05) is 0 Å². The quantitative estimate of drug-likeness (QED) is 0.804. The van der Waals surface area contributed by atoms with Crippen LogP contribution in [0.2, 0.25) is 0 Å². The van der Waals surface area contributed by atoms with Crippen LogP contribution in [0.3, 0.4) is 0 Å². The summed E-state index contributed by atoms with van der Waals surface area (Å²) in [6.07, 6.45) is 6.93. The molecule has 1 N–H and O–H groups in total. The van der Waals surface area contributed by atoms with E-state index in [0.717, 1.165) is 36.1 Å². The van der Waals surface area contributed by atoms with Crippen molar-refractivity contribution in [3.05, 3.63) is 57.1 Å². The molecule has 0 spiro atoms. The van der Waals surface area contributed by atoms with Crippen molar-refractivity contribution in [2.45, 2.75) is 44.4 Å². The molecule has 2 nitrogen and oxygen atoms in total. The number of nitrogens with one attached hydrogen (secondary N) is 1. The Hall–Kier alpha value is -1.48. The first-order valence-corrected chi connectivity index (χ1v) is 7.91. The Morgan fingerprint density at radius 1 is 1.05 bits per heavy atom.